The lowest BCUT2D eigenvalue weighted by atomic mass is 10.1. The number of hydrogen-bond acceptors (Lipinski definition) is 5. The molecule has 1 amide bonds. The molecule has 0 bridgehead atoms. The van der Waals surface area contributed by atoms with Gasteiger partial charge in [0.25, 0.3) is 0 Å². The Morgan fingerprint density at radius 3 is 1.74 bits per heavy atom. The molecule has 0 saturated heterocycles. The molecular weight excluding hydrogens is 599 g/mol. The van der Waals surface area contributed by atoms with Gasteiger partial charge in [-0.2, -0.15) is 0 Å². The van der Waals surface area contributed by atoms with Crippen LogP contribution >= 0.6 is 7.82 Å². The standard InChI is InChI=1S/C37H71N2O6P/c1-6-8-10-11-12-13-14-15-16-17-18-19-20-21-22-23-24-25-26-27-29-30-36(40)35(38-37(41)31-28-9-7-2)34-45-46(42,43)44-33-32-39(3,4)5/h20-21,24-25,29-30,35-36,40H,6-19,22-23,26-28,31-34H2,1-5H3,(H-,38,41,42,43)/p+1/b21-20+,25-24+,30-29+. The molecule has 0 aliphatic carbocycles. The molecule has 0 spiro atoms. The number of amides is 1. The number of nitrogens with one attached hydrogen (secondary N) is 1. The van der Waals surface area contributed by atoms with E-state index in [2.05, 4.69) is 43.5 Å². The highest BCUT2D eigenvalue weighted by Gasteiger charge is 2.27. The lowest BCUT2D eigenvalue weighted by Crippen LogP contribution is -2.45. The van der Waals surface area contributed by atoms with Crippen LogP contribution in [0.1, 0.15) is 142 Å². The first-order valence-corrected chi connectivity index (χ1v) is 19.9. The number of unbranched alkanes of at least 4 members (excludes halogenated alkanes) is 15. The summed E-state index contributed by atoms with van der Waals surface area (Å²) in [6, 6.07) is -0.861. The zero-order valence-corrected chi connectivity index (χ0v) is 31.2. The molecule has 3 atom stereocenters. The SMILES string of the molecule is CCCCCCCCCCCCC/C=C/CC/C=C/CC/C=C/C(O)C(COP(=O)(O)OCC[N+](C)(C)C)NC(=O)CCCCC. The van der Waals surface area contributed by atoms with Crippen LogP contribution in [0.25, 0.3) is 0 Å². The first-order chi connectivity index (χ1) is 22.0. The number of rotatable bonds is 32. The third-order valence-electron chi connectivity index (χ3n) is 7.84. The number of likely N-dealkylation sites (N-methyl/N-ethyl adjacent to an activating group) is 1. The van der Waals surface area contributed by atoms with Gasteiger partial charge in [0.1, 0.15) is 13.2 Å². The van der Waals surface area contributed by atoms with Crippen molar-refractivity contribution in [2.45, 2.75) is 154 Å². The van der Waals surface area contributed by atoms with Crippen molar-refractivity contribution in [3.63, 3.8) is 0 Å². The van der Waals surface area contributed by atoms with Gasteiger partial charge in [0.05, 0.1) is 39.9 Å². The lowest BCUT2D eigenvalue weighted by Gasteiger charge is -2.25. The van der Waals surface area contributed by atoms with Crippen molar-refractivity contribution in [2.24, 2.45) is 0 Å². The summed E-state index contributed by atoms with van der Waals surface area (Å²) in [5.74, 6) is -0.219. The zero-order valence-electron chi connectivity index (χ0n) is 30.3. The number of carbonyl (C=O) groups excluding carboxylic acids is 1. The van der Waals surface area contributed by atoms with Crippen molar-refractivity contribution in [3.8, 4) is 0 Å². The summed E-state index contributed by atoms with van der Waals surface area (Å²) in [6.07, 6.45) is 34.4. The summed E-state index contributed by atoms with van der Waals surface area (Å²) >= 11 is 0. The Balaban J connectivity index is 4.29. The van der Waals surface area contributed by atoms with E-state index in [9.17, 15) is 19.4 Å². The van der Waals surface area contributed by atoms with E-state index < -0.39 is 20.0 Å². The van der Waals surface area contributed by atoms with Gasteiger partial charge in [0.2, 0.25) is 5.91 Å². The first kappa shape index (κ1) is 44.7. The van der Waals surface area contributed by atoms with Crippen LogP contribution in [0.2, 0.25) is 0 Å². The van der Waals surface area contributed by atoms with Gasteiger partial charge in [-0.15, -0.1) is 0 Å². The maximum Gasteiger partial charge on any atom is 0.472 e. The second-order valence-corrected chi connectivity index (χ2v) is 15.0. The average molecular weight is 672 g/mol. The Hall–Kier alpha value is -1.28. The Morgan fingerprint density at radius 1 is 0.717 bits per heavy atom. The van der Waals surface area contributed by atoms with Gasteiger partial charge < -0.3 is 19.8 Å². The molecule has 0 aromatic carbocycles. The van der Waals surface area contributed by atoms with E-state index in [0.717, 1.165) is 44.9 Å². The first-order valence-electron chi connectivity index (χ1n) is 18.4. The number of aliphatic hydroxyl groups is 1. The summed E-state index contributed by atoms with van der Waals surface area (Å²) in [6.45, 7) is 4.58. The molecule has 0 aromatic rings. The molecule has 9 heteroatoms. The van der Waals surface area contributed by atoms with E-state index in [1.54, 1.807) is 6.08 Å². The van der Waals surface area contributed by atoms with Crippen molar-refractivity contribution in [2.75, 3.05) is 40.9 Å². The minimum atomic E-state index is -4.32. The predicted octanol–water partition coefficient (Wildman–Crippen LogP) is 9.18. The van der Waals surface area contributed by atoms with Crippen LogP contribution in [0.4, 0.5) is 0 Å². The Labute approximate surface area is 283 Å². The molecule has 0 aliphatic rings. The van der Waals surface area contributed by atoms with Crippen molar-refractivity contribution in [1.29, 1.82) is 0 Å². The monoisotopic (exact) mass is 672 g/mol. The number of carbonyl (C=O) groups is 1. The molecule has 0 aliphatic heterocycles. The molecule has 0 radical (unpaired) electrons. The zero-order chi connectivity index (χ0) is 34.4. The summed E-state index contributed by atoms with van der Waals surface area (Å²) in [4.78, 5) is 22.5. The van der Waals surface area contributed by atoms with E-state index in [-0.39, 0.29) is 19.1 Å². The second-order valence-electron chi connectivity index (χ2n) is 13.6. The van der Waals surface area contributed by atoms with Gasteiger partial charge in [-0.25, -0.2) is 4.57 Å². The quantitative estimate of drug-likeness (QED) is 0.0285. The van der Waals surface area contributed by atoms with Gasteiger partial charge in [-0.3, -0.25) is 13.8 Å². The number of nitrogens with zero attached hydrogens (tertiary/aromatic N) is 1. The largest absolute Gasteiger partial charge is 0.472 e. The maximum atomic E-state index is 12.4. The van der Waals surface area contributed by atoms with E-state index >= 15 is 0 Å². The molecule has 0 fully saturated rings. The van der Waals surface area contributed by atoms with Gasteiger partial charge in [0, 0.05) is 6.42 Å². The van der Waals surface area contributed by atoms with Crippen molar-refractivity contribution < 1.29 is 32.9 Å². The summed E-state index contributed by atoms with van der Waals surface area (Å²) in [7, 11) is 1.54. The molecule has 270 valence electrons. The minimum absolute atomic E-state index is 0.0526. The topological polar surface area (TPSA) is 105 Å². The van der Waals surface area contributed by atoms with E-state index in [1.165, 1.54) is 77.0 Å². The highest BCUT2D eigenvalue weighted by Crippen LogP contribution is 2.43. The van der Waals surface area contributed by atoms with Crippen LogP contribution in [0.3, 0.4) is 0 Å². The third kappa shape index (κ3) is 31.3. The molecular formula is C37H72N2O6P+. The number of aliphatic hydroxyl groups excluding tert-OH is 1. The average Bonchev–Trinajstić information content (AvgIpc) is 2.99. The van der Waals surface area contributed by atoms with Crippen LogP contribution in [-0.2, 0) is 18.4 Å². The predicted molar refractivity (Wildman–Crippen MR) is 194 cm³/mol. The smallest absolute Gasteiger partial charge is 0.387 e. The molecule has 8 nitrogen and oxygen atoms in total. The third-order valence-corrected chi connectivity index (χ3v) is 8.82. The van der Waals surface area contributed by atoms with Crippen LogP contribution in [0, 0.1) is 0 Å². The van der Waals surface area contributed by atoms with Crippen molar-refractivity contribution >= 4 is 13.7 Å². The number of phosphoric ester groups is 1. The second kappa shape index (κ2) is 29.8. The number of hydrogen-bond donors (Lipinski definition) is 3. The summed E-state index contributed by atoms with van der Waals surface area (Å²) < 4.78 is 23.2. The van der Waals surface area contributed by atoms with Crippen LogP contribution < -0.4 is 5.32 Å². The Morgan fingerprint density at radius 2 is 1.20 bits per heavy atom. The van der Waals surface area contributed by atoms with Crippen LogP contribution in [0.15, 0.2) is 36.5 Å². The normalized spacial score (nSPS) is 15.2. The fourth-order valence-electron chi connectivity index (χ4n) is 4.83. The van der Waals surface area contributed by atoms with E-state index in [1.807, 2.05) is 27.2 Å². The molecule has 0 rings (SSSR count). The Bertz CT molecular complexity index is 855. The number of quaternary nitrogens is 1. The molecule has 46 heavy (non-hydrogen) atoms. The van der Waals surface area contributed by atoms with E-state index in [0.29, 0.717) is 17.4 Å². The van der Waals surface area contributed by atoms with Gasteiger partial charge >= 0.3 is 7.82 Å². The van der Waals surface area contributed by atoms with Gasteiger partial charge in [-0.1, -0.05) is 127 Å². The fraction of sp³-hybridized carbons (Fsp3) is 0.811. The molecule has 3 unspecified atom stereocenters. The van der Waals surface area contributed by atoms with Crippen molar-refractivity contribution in [1.82, 2.24) is 5.32 Å². The molecule has 0 saturated carbocycles. The summed E-state index contributed by atoms with van der Waals surface area (Å²) in [5, 5.41) is 13.5. The van der Waals surface area contributed by atoms with Crippen LogP contribution in [0.5, 0.6) is 0 Å². The number of phosphoric acid groups is 1. The van der Waals surface area contributed by atoms with E-state index in [4.69, 9.17) is 9.05 Å². The molecule has 0 aromatic heterocycles. The molecule has 0 heterocycles. The Kier molecular flexibility index (Phi) is 29.0. The summed E-state index contributed by atoms with van der Waals surface area (Å²) in [5.41, 5.74) is 0. The highest BCUT2D eigenvalue weighted by atomic mass is 31.2. The fourth-order valence-corrected chi connectivity index (χ4v) is 5.57. The number of allylic oxidation sites excluding steroid dienone is 5. The van der Waals surface area contributed by atoms with Crippen LogP contribution in [-0.4, -0.2) is 73.4 Å². The van der Waals surface area contributed by atoms with Gasteiger partial charge in [0.15, 0.2) is 0 Å². The highest BCUT2D eigenvalue weighted by molar-refractivity contribution is 7.47. The minimum Gasteiger partial charge on any atom is -0.387 e. The van der Waals surface area contributed by atoms with Gasteiger partial charge in [-0.05, 0) is 44.9 Å². The molecule has 3 N–H and O–H groups in total. The lowest BCUT2D eigenvalue weighted by molar-refractivity contribution is -0.870. The maximum absolute atomic E-state index is 12.4. The van der Waals surface area contributed by atoms with Crippen molar-refractivity contribution in [3.05, 3.63) is 36.5 Å².